The maximum Gasteiger partial charge on any atom is 0.341 e. The van der Waals surface area contributed by atoms with Crippen molar-refractivity contribution < 1.29 is 19.1 Å². The summed E-state index contributed by atoms with van der Waals surface area (Å²) in [6.07, 6.45) is 0.754. The average molecular weight is 390 g/mol. The van der Waals surface area contributed by atoms with E-state index in [0.29, 0.717) is 12.2 Å². The maximum absolute atomic E-state index is 12.8. The topological polar surface area (TPSA) is 97.4 Å². The molecule has 0 spiro atoms. The summed E-state index contributed by atoms with van der Waals surface area (Å²) in [7, 11) is 1.22. The molecule has 1 aromatic heterocycles. The highest BCUT2D eigenvalue weighted by Gasteiger charge is 2.22. The Balaban J connectivity index is 2.39. The lowest BCUT2D eigenvalue weighted by Gasteiger charge is -2.13. The maximum atomic E-state index is 12.8. The number of rotatable bonds is 6. The van der Waals surface area contributed by atoms with E-state index < -0.39 is 17.8 Å². The van der Waals surface area contributed by atoms with Gasteiger partial charge in [0.1, 0.15) is 11.3 Å². The summed E-state index contributed by atoms with van der Waals surface area (Å²) in [6, 6.07) is 7.77. The van der Waals surface area contributed by atoms with Gasteiger partial charge in [-0.1, -0.05) is 24.6 Å². The molecule has 27 heavy (non-hydrogen) atoms. The normalized spacial score (nSPS) is 10.2. The lowest BCUT2D eigenvalue weighted by Crippen LogP contribution is -2.28. The van der Waals surface area contributed by atoms with Crippen LogP contribution in [0.25, 0.3) is 0 Å². The molecule has 0 saturated carbocycles. The van der Waals surface area contributed by atoms with E-state index in [-0.39, 0.29) is 27.5 Å². The summed E-state index contributed by atoms with van der Waals surface area (Å²) in [5, 5.41) is 5.46. The number of carbonyl (C=O) groups is 3. The molecule has 0 unspecified atom stereocenters. The first-order valence-corrected chi connectivity index (χ1v) is 8.70. The number of ether oxygens (including phenoxy) is 1. The number of carbonyl (C=O) groups excluding carboxylic acids is 3. The predicted molar refractivity (Wildman–Crippen MR) is 102 cm³/mol. The number of benzene rings is 1. The lowest BCUT2D eigenvalue weighted by atomic mass is 10.1. The van der Waals surface area contributed by atoms with Crippen molar-refractivity contribution in [2.75, 3.05) is 19.0 Å². The van der Waals surface area contributed by atoms with Crippen molar-refractivity contribution >= 4 is 35.1 Å². The zero-order chi connectivity index (χ0) is 20.0. The quantitative estimate of drug-likeness (QED) is 0.739. The molecule has 1 aromatic carbocycles. The lowest BCUT2D eigenvalue weighted by molar-refractivity contribution is 0.0602. The molecule has 1 heterocycles. The van der Waals surface area contributed by atoms with Crippen molar-refractivity contribution in [3.63, 3.8) is 0 Å². The van der Waals surface area contributed by atoms with Crippen molar-refractivity contribution in [1.29, 1.82) is 0 Å². The molecule has 142 valence electrons. The van der Waals surface area contributed by atoms with Crippen molar-refractivity contribution in [3.8, 4) is 0 Å². The van der Waals surface area contributed by atoms with Gasteiger partial charge in [0, 0.05) is 12.2 Å². The van der Waals surface area contributed by atoms with E-state index >= 15 is 0 Å². The number of esters is 1. The Labute approximate surface area is 162 Å². The molecule has 0 aliphatic rings. The Morgan fingerprint density at radius 1 is 1.15 bits per heavy atom. The molecule has 2 rings (SSSR count). The number of aromatic nitrogens is 1. The molecule has 7 nitrogen and oxygen atoms in total. The van der Waals surface area contributed by atoms with Gasteiger partial charge in [0.05, 0.1) is 23.4 Å². The number of hydrogen-bond acceptors (Lipinski definition) is 5. The smallest absolute Gasteiger partial charge is 0.341 e. The van der Waals surface area contributed by atoms with Crippen molar-refractivity contribution in [1.82, 2.24) is 10.3 Å². The number of methoxy groups -OCH3 is 1. The largest absolute Gasteiger partial charge is 0.465 e. The number of nitrogens with zero attached hydrogens (tertiary/aromatic N) is 1. The number of nitrogens with one attached hydrogen (secondary N) is 2. The summed E-state index contributed by atoms with van der Waals surface area (Å²) in [6.45, 7) is 4.12. The van der Waals surface area contributed by atoms with E-state index in [4.69, 9.17) is 16.3 Å². The van der Waals surface area contributed by atoms with Gasteiger partial charge in [0.15, 0.2) is 0 Å². The Hall–Kier alpha value is -2.93. The fourth-order valence-corrected chi connectivity index (χ4v) is 2.61. The molecule has 0 aliphatic heterocycles. The monoisotopic (exact) mass is 389 g/mol. The van der Waals surface area contributed by atoms with Crippen LogP contribution in [0.4, 0.5) is 5.69 Å². The Kier molecular flexibility index (Phi) is 6.90. The second kappa shape index (κ2) is 9.14. The van der Waals surface area contributed by atoms with Crippen LogP contribution in [0.3, 0.4) is 0 Å². The highest BCUT2D eigenvalue weighted by molar-refractivity contribution is 6.34. The van der Waals surface area contributed by atoms with Crippen LogP contribution < -0.4 is 10.6 Å². The number of amides is 2. The number of halogens is 1. The van der Waals surface area contributed by atoms with Crippen molar-refractivity contribution in [2.24, 2.45) is 0 Å². The van der Waals surface area contributed by atoms with Gasteiger partial charge in [0.25, 0.3) is 11.8 Å². The van der Waals surface area contributed by atoms with Gasteiger partial charge in [-0.2, -0.15) is 0 Å². The van der Waals surface area contributed by atoms with E-state index in [0.717, 1.165) is 6.42 Å². The van der Waals surface area contributed by atoms with E-state index in [1.165, 1.54) is 25.3 Å². The SMILES string of the molecule is CCCNC(=O)c1nc(C)ccc1C(=O)Nc1cccc(Cl)c1C(=O)OC. The zero-order valence-electron chi connectivity index (χ0n) is 15.3. The van der Waals surface area contributed by atoms with E-state index in [1.54, 1.807) is 19.1 Å². The summed E-state index contributed by atoms with van der Waals surface area (Å²) in [4.78, 5) is 41.3. The van der Waals surface area contributed by atoms with Gasteiger partial charge < -0.3 is 15.4 Å². The fraction of sp³-hybridized carbons (Fsp3) is 0.263. The third kappa shape index (κ3) is 4.83. The van der Waals surface area contributed by atoms with Gasteiger partial charge in [-0.25, -0.2) is 9.78 Å². The summed E-state index contributed by atoms with van der Waals surface area (Å²) >= 11 is 6.06. The van der Waals surface area contributed by atoms with Crippen LogP contribution in [0.5, 0.6) is 0 Å². The molecule has 0 radical (unpaired) electrons. The molecular weight excluding hydrogens is 370 g/mol. The van der Waals surface area contributed by atoms with E-state index in [2.05, 4.69) is 15.6 Å². The molecule has 2 N–H and O–H groups in total. The summed E-state index contributed by atoms with van der Waals surface area (Å²) in [5.41, 5.74) is 0.922. The minimum absolute atomic E-state index is 0.0163. The van der Waals surface area contributed by atoms with Crippen LogP contribution in [0.1, 0.15) is 50.2 Å². The van der Waals surface area contributed by atoms with Crippen molar-refractivity contribution in [2.45, 2.75) is 20.3 Å². The summed E-state index contributed by atoms with van der Waals surface area (Å²) in [5.74, 6) is -1.71. The first-order chi connectivity index (χ1) is 12.9. The van der Waals surface area contributed by atoms with Crippen LogP contribution in [-0.4, -0.2) is 36.4 Å². The predicted octanol–water partition coefficient (Wildman–Crippen LogP) is 3.22. The van der Waals surface area contributed by atoms with E-state index in [1.807, 2.05) is 6.92 Å². The second-order valence-corrected chi connectivity index (χ2v) is 6.12. The Morgan fingerprint density at radius 2 is 1.89 bits per heavy atom. The number of pyridine rings is 1. The first-order valence-electron chi connectivity index (χ1n) is 8.33. The van der Waals surface area contributed by atoms with Crippen LogP contribution in [0.15, 0.2) is 30.3 Å². The molecule has 0 atom stereocenters. The highest BCUT2D eigenvalue weighted by Crippen LogP contribution is 2.26. The number of aryl methyl sites for hydroxylation is 1. The third-order valence-corrected chi connectivity index (χ3v) is 4.00. The van der Waals surface area contributed by atoms with Gasteiger partial charge in [-0.15, -0.1) is 0 Å². The molecule has 0 aliphatic carbocycles. The minimum Gasteiger partial charge on any atom is -0.465 e. The molecule has 0 fully saturated rings. The number of hydrogen-bond donors (Lipinski definition) is 2. The van der Waals surface area contributed by atoms with Gasteiger partial charge in [-0.3, -0.25) is 9.59 Å². The zero-order valence-corrected chi connectivity index (χ0v) is 16.0. The second-order valence-electron chi connectivity index (χ2n) is 5.71. The van der Waals surface area contributed by atoms with Gasteiger partial charge >= 0.3 is 5.97 Å². The molecule has 8 heteroatoms. The first kappa shape index (κ1) is 20.4. The molecule has 0 saturated heterocycles. The molecule has 2 aromatic rings. The number of anilines is 1. The minimum atomic E-state index is -0.682. The average Bonchev–Trinajstić information content (AvgIpc) is 2.65. The standard InChI is InChI=1S/C19H20ClN3O4/c1-4-10-21-18(25)16-12(9-8-11(2)22-16)17(24)23-14-7-5-6-13(20)15(14)19(26)27-3/h5-9H,4,10H2,1-3H3,(H,21,25)(H,23,24). The fourth-order valence-electron chi connectivity index (χ4n) is 2.36. The Bertz CT molecular complexity index is 883. The molecule has 0 bridgehead atoms. The van der Waals surface area contributed by atoms with Gasteiger partial charge in [-0.05, 0) is 37.6 Å². The molecular formula is C19H20ClN3O4. The third-order valence-electron chi connectivity index (χ3n) is 3.68. The highest BCUT2D eigenvalue weighted by atomic mass is 35.5. The van der Waals surface area contributed by atoms with Gasteiger partial charge in [0.2, 0.25) is 0 Å². The molecule has 2 amide bonds. The Morgan fingerprint density at radius 3 is 2.56 bits per heavy atom. The van der Waals surface area contributed by atoms with Crippen LogP contribution >= 0.6 is 11.6 Å². The van der Waals surface area contributed by atoms with E-state index in [9.17, 15) is 14.4 Å². The van der Waals surface area contributed by atoms with Crippen LogP contribution in [-0.2, 0) is 4.74 Å². The van der Waals surface area contributed by atoms with Crippen molar-refractivity contribution in [3.05, 3.63) is 57.9 Å². The van der Waals surface area contributed by atoms with Crippen LogP contribution in [0, 0.1) is 6.92 Å². The summed E-state index contributed by atoms with van der Waals surface area (Å²) < 4.78 is 4.72. The van der Waals surface area contributed by atoms with Crippen LogP contribution in [0.2, 0.25) is 5.02 Å².